The fraction of sp³-hybridized carbons (Fsp3) is 0. The van der Waals surface area contributed by atoms with E-state index in [2.05, 4.69) is 15.5 Å². The van der Waals surface area contributed by atoms with Gasteiger partial charge >= 0.3 is 0 Å². The van der Waals surface area contributed by atoms with E-state index in [0.29, 0.717) is 11.1 Å². The molecular formula is C13H11N3O2. The Bertz CT molecular complexity index is 567. The van der Waals surface area contributed by atoms with Crippen molar-refractivity contribution in [1.29, 1.82) is 0 Å². The molecule has 0 spiro atoms. The molecule has 0 aliphatic heterocycles. The number of aromatic nitrogens is 1. The third-order valence-corrected chi connectivity index (χ3v) is 2.17. The van der Waals surface area contributed by atoms with Crippen molar-refractivity contribution in [3.8, 4) is 5.75 Å². The van der Waals surface area contributed by atoms with E-state index in [1.165, 1.54) is 12.4 Å². The number of phenols is 1. The van der Waals surface area contributed by atoms with Gasteiger partial charge in [-0.1, -0.05) is 12.1 Å². The van der Waals surface area contributed by atoms with E-state index in [9.17, 15) is 9.90 Å². The van der Waals surface area contributed by atoms with Gasteiger partial charge < -0.3 is 5.11 Å². The zero-order valence-electron chi connectivity index (χ0n) is 9.45. The number of phenolic OH excluding ortho intramolecular Hbond substituents is 1. The Morgan fingerprint density at radius 2 is 2.22 bits per heavy atom. The molecule has 1 amide bonds. The average Bonchev–Trinajstić information content (AvgIpc) is 2.40. The fourth-order valence-corrected chi connectivity index (χ4v) is 1.33. The maximum Gasteiger partial charge on any atom is 0.272 e. The topological polar surface area (TPSA) is 74.6 Å². The first-order chi connectivity index (χ1) is 8.75. The number of carbonyl (C=O) groups excluding carboxylic acids is 1. The van der Waals surface area contributed by atoms with Gasteiger partial charge in [-0.15, -0.1) is 0 Å². The lowest BCUT2D eigenvalue weighted by Gasteiger charge is -1.98. The maximum absolute atomic E-state index is 11.6. The third-order valence-electron chi connectivity index (χ3n) is 2.17. The van der Waals surface area contributed by atoms with Crippen molar-refractivity contribution in [3.05, 3.63) is 59.9 Å². The number of hydrogen-bond donors (Lipinski definition) is 2. The highest BCUT2D eigenvalue weighted by atomic mass is 16.3. The van der Waals surface area contributed by atoms with Crippen molar-refractivity contribution in [3.63, 3.8) is 0 Å². The van der Waals surface area contributed by atoms with Crippen LogP contribution in [-0.4, -0.2) is 22.2 Å². The van der Waals surface area contributed by atoms with Crippen molar-refractivity contribution in [1.82, 2.24) is 10.4 Å². The number of benzene rings is 1. The number of nitrogens with zero attached hydrogens (tertiary/aromatic N) is 2. The van der Waals surface area contributed by atoms with Gasteiger partial charge in [0, 0.05) is 12.4 Å². The minimum Gasteiger partial charge on any atom is -0.508 e. The highest BCUT2D eigenvalue weighted by Crippen LogP contribution is 2.08. The van der Waals surface area contributed by atoms with Crippen LogP contribution in [0.15, 0.2) is 53.9 Å². The van der Waals surface area contributed by atoms with E-state index >= 15 is 0 Å². The number of carbonyl (C=O) groups is 1. The predicted octanol–water partition coefficient (Wildman–Crippen LogP) is 1.55. The smallest absolute Gasteiger partial charge is 0.272 e. The van der Waals surface area contributed by atoms with E-state index < -0.39 is 0 Å². The maximum atomic E-state index is 11.6. The number of nitrogens with one attached hydrogen (secondary N) is 1. The van der Waals surface area contributed by atoms with E-state index in [4.69, 9.17) is 0 Å². The number of hydrogen-bond acceptors (Lipinski definition) is 4. The minimum absolute atomic E-state index is 0.150. The standard InChI is InChI=1S/C13H11N3O2/c17-12-5-1-3-10(7-12)8-15-16-13(18)11-4-2-6-14-9-11/h1-9,17H,(H,16,18)/b15-8-. The van der Waals surface area contributed by atoms with Crippen LogP contribution in [0, 0.1) is 0 Å². The molecule has 0 aliphatic rings. The van der Waals surface area contributed by atoms with E-state index in [0.717, 1.165) is 0 Å². The molecule has 0 saturated heterocycles. The Kier molecular flexibility index (Phi) is 3.66. The monoisotopic (exact) mass is 241 g/mol. The van der Waals surface area contributed by atoms with Gasteiger partial charge in [0.25, 0.3) is 5.91 Å². The van der Waals surface area contributed by atoms with Crippen LogP contribution in [0.25, 0.3) is 0 Å². The van der Waals surface area contributed by atoms with Crippen LogP contribution < -0.4 is 5.43 Å². The Balaban J connectivity index is 1.98. The van der Waals surface area contributed by atoms with Crippen LogP contribution >= 0.6 is 0 Å². The minimum atomic E-state index is -0.334. The largest absolute Gasteiger partial charge is 0.508 e. The van der Waals surface area contributed by atoms with Crippen LogP contribution in [0.4, 0.5) is 0 Å². The van der Waals surface area contributed by atoms with Crippen LogP contribution in [0.2, 0.25) is 0 Å². The van der Waals surface area contributed by atoms with Gasteiger partial charge in [0.05, 0.1) is 11.8 Å². The molecule has 2 rings (SSSR count). The molecular weight excluding hydrogens is 230 g/mol. The van der Waals surface area contributed by atoms with Gasteiger partial charge in [0.15, 0.2) is 0 Å². The molecule has 1 aromatic heterocycles. The molecule has 0 unspecified atom stereocenters. The van der Waals surface area contributed by atoms with Crippen molar-refractivity contribution >= 4 is 12.1 Å². The van der Waals surface area contributed by atoms with E-state index in [1.54, 1.807) is 42.6 Å². The van der Waals surface area contributed by atoms with E-state index in [-0.39, 0.29) is 11.7 Å². The Hall–Kier alpha value is -2.69. The van der Waals surface area contributed by atoms with Gasteiger partial charge in [-0.05, 0) is 29.8 Å². The lowest BCUT2D eigenvalue weighted by atomic mass is 10.2. The number of hydrazone groups is 1. The van der Waals surface area contributed by atoms with Crippen LogP contribution in [0.1, 0.15) is 15.9 Å². The number of aromatic hydroxyl groups is 1. The number of rotatable bonds is 3. The van der Waals surface area contributed by atoms with Crippen LogP contribution in [-0.2, 0) is 0 Å². The van der Waals surface area contributed by atoms with Crippen molar-refractivity contribution in [2.75, 3.05) is 0 Å². The summed E-state index contributed by atoms with van der Waals surface area (Å²) < 4.78 is 0. The number of pyridine rings is 1. The highest BCUT2D eigenvalue weighted by Gasteiger charge is 2.02. The summed E-state index contributed by atoms with van der Waals surface area (Å²) in [4.78, 5) is 15.4. The van der Waals surface area contributed by atoms with Crippen molar-refractivity contribution in [2.24, 2.45) is 5.10 Å². The molecule has 5 heteroatoms. The SMILES string of the molecule is O=C(N/N=C\c1cccc(O)c1)c1cccnc1. The van der Waals surface area contributed by atoms with Gasteiger partial charge in [-0.25, -0.2) is 5.43 Å². The van der Waals surface area contributed by atoms with Crippen LogP contribution in [0.5, 0.6) is 5.75 Å². The van der Waals surface area contributed by atoms with Gasteiger partial charge in [0.2, 0.25) is 0 Å². The molecule has 0 atom stereocenters. The quantitative estimate of drug-likeness (QED) is 0.632. The first-order valence-corrected chi connectivity index (χ1v) is 5.28. The second-order valence-electron chi connectivity index (χ2n) is 3.54. The molecule has 0 aliphatic carbocycles. The normalized spacial score (nSPS) is 10.4. The summed E-state index contributed by atoms with van der Waals surface area (Å²) in [5.74, 6) is -0.183. The molecule has 90 valence electrons. The second-order valence-corrected chi connectivity index (χ2v) is 3.54. The molecule has 2 N–H and O–H groups in total. The lowest BCUT2D eigenvalue weighted by Crippen LogP contribution is -2.17. The zero-order chi connectivity index (χ0) is 12.8. The summed E-state index contributed by atoms with van der Waals surface area (Å²) >= 11 is 0. The van der Waals surface area contributed by atoms with Gasteiger partial charge in [-0.3, -0.25) is 9.78 Å². The molecule has 5 nitrogen and oxygen atoms in total. The number of amides is 1. The summed E-state index contributed by atoms with van der Waals surface area (Å²) in [6, 6.07) is 9.88. The fourth-order valence-electron chi connectivity index (χ4n) is 1.33. The Morgan fingerprint density at radius 1 is 1.33 bits per heavy atom. The first kappa shape index (κ1) is 11.8. The van der Waals surface area contributed by atoms with Crippen molar-refractivity contribution < 1.29 is 9.90 Å². The second kappa shape index (κ2) is 5.58. The highest BCUT2D eigenvalue weighted by molar-refractivity contribution is 5.94. The summed E-state index contributed by atoms with van der Waals surface area (Å²) in [6.07, 6.45) is 4.50. The third kappa shape index (κ3) is 3.15. The summed E-state index contributed by atoms with van der Waals surface area (Å²) in [6.45, 7) is 0. The van der Waals surface area contributed by atoms with Crippen molar-refractivity contribution in [2.45, 2.75) is 0 Å². The molecule has 0 fully saturated rings. The predicted molar refractivity (Wildman–Crippen MR) is 67.4 cm³/mol. The Labute approximate surface area is 104 Å². The summed E-state index contributed by atoms with van der Waals surface area (Å²) in [7, 11) is 0. The molecule has 0 radical (unpaired) electrons. The summed E-state index contributed by atoms with van der Waals surface area (Å²) in [5.41, 5.74) is 3.51. The van der Waals surface area contributed by atoms with Gasteiger partial charge in [0.1, 0.15) is 5.75 Å². The molecule has 1 heterocycles. The summed E-state index contributed by atoms with van der Waals surface area (Å²) in [5, 5.41) is 13.0. The lowest BCUT2D eigenvalue weighted by molar-refractivity contribution is 0.0955. The Morgan fingerprint density at radius 3 is 2.94 bits per heavy atom. The molecule has 2 aromatic rings. The van der Waals surface area contributed by atoms with Crippen LogP contribution in [0.3, 0.4) is 0 Å². The molecule has 0 saturated carbocycles. The van der Waals surface area contributed by atoms with Gasteiger partial charge in [-0.2, -0.15) is 5.10 Å². The molecule has 0 bridgehead atoms. The van der Waals surface area contributed by atoms with E-state index in [1.807, 2.05) is 0 Å². The molecule has 1 aromatic carbocycles. The zero-order valence-corrected chi connectivity index (χ0v) is 9.45. The first-order valence-electron chi connectivity index (χ1n) is 5.28. The average molecular weight is 241 g/mol. The molecule has 18 heavy (non-hydrogen) atoms.